The molecule has 0 radical (unpaired) electrons. The van der Waals surface area contributed by atoms with Crippen LogP contribution in [-0.2, 0) is 32.2 Å². The smallest absolute Gasteiger partial charge is 0.0389 e. The zero-order chi connectivity index (χ0) is 14.2. The highest BCUT2D eigenvalue weighted by atomic mass is 32.1. The molecule has 0 aromatic carbocycles. The van der Waals surface area contributed by atoms with Gasteiger partial charge in [0.25, 0.3) is 0 Å². The standard InChI is InChI=1S/C18H23NS2/c1-12(18-10-14-5-2-3-7-17(14)21-18)19-11-15-9-13-6-4-8-16(13)20-15/h9-10,12,19H,2-8,11H2,1H3. The van der Waals surface area contributed by atoms with Crippen LogP contribution in [0.25, 0.3) is 0 Å². The van der Waals surface area contributed by atoms with Crippen LogP contribution in [0, 0.1) is 0 Å². The molecule has 0 saturated carbocycles. The summed E-state index contributed by atoms with van der Waals surface area (Å²) in [5.74, 6) is 0. The molecule has 0 amide bonds. The molecular weight excluding hydrogens is 294 g/mol. The summed E-state index contributed by atoms with van der Waals surface area (Å²) in [4.78, 5) is 6.35. The van der Waals surface area contributed by atoms with E-state index >= 15 is 0 Å². The second kappa shape index (κ2) is 5.86. The maximum Gasteiger partial charge on any atom is 0.0389 e. The number of rotatable bonds is 4. The molecule has 2 aromatic rings. The molecule has 21 heavy (non-hydrogen) atoms. The first-order valence-electron chi connectivity index (χ1n) is 8.25. The molecule has 0 aliphatic heterocycles. The third-order valence-corrected chi connectivity index (χ3v) is 7.48. The van der Waals surface area contributed by atoms with Crippen molar-refractivity contribution in [1.29, 1.82) is 0 Å². The number of fused-ring (bicyclic) bond motifs is 2. The largest absolute Gasteiger partial charge is 0.305 e. The second-order valence-corrected chi connectivity index (χ2v) is 8.81. The Kier molecular flexibility index (Phi) is 3.91. The van der Waals surface area contributed by atoms with Gasteiger partial charge in [0.2, 0.25) is 0 Å². The molecule has 0 fully saturated rings. The van der Waals surface area contributed by atoms with E-state index in [0.717, 1.165) is 6.54 Å². The molecule has 1 nitrogen and oxygen atoms in total. The zero-order valence-corrected chi connectivity index (χ0v) is 14.3. The van der Waals surface area contributed by atoms with Gasteiger partial charge in [0, 0.05) is 32.1 Å². The maximum absolute atomic E-state index is 3.73. The van der Waals surface area contributed by atoms with Gasteiger partial charge < -0.3 is 5.32 Å². The van der Waals surface area contributed by atoms with E-state index in [9.17, 15) is 0 Å². The van der Waals surface area contributed by atoms with E-state index in [-0.39, 0.29) is 0 Å². The predicted octanol–water partition coefficient (Wildman–Crippen LogP) is 5.03. The van der Waals surface area contributed by atoms with Crippen molar-refractivity contribution in [2.24, 2.45) is 0 Å². The van der Waals surface area contributed by atoms with Gasteiger partial charge in [-0.2, -0.15) is 0 Å². The Hall–Kier alpha value is -0.640. The molecule has 1 atom stereocenters. The van der Waals surface area contributed by atoms with Gasteiger partial charge in [0.1, 0.15) is 0 Å². The van der Waals surface area contributed by atoms with Gasteiger partial charge in [-0.1, -0.05) is 0 Å². The third kappa shape index (κ3) is 2.84. The molecule has 2 aromatic heterocycles. The summed E-state index contributed by atoms with van der Waals surface area (Å²) in [7, 11) is 0. The summed E-state index contributed by atoms with van der Waals surface area (Å²) in [5, 5.41) is 3.73. The van der Waals surface area contributed by atoms with Crippen LogP contribution >= 0.6 is 22.7 Å². The number of nitrogens with one attached hydrogen (secondary N) is 1. The topological polar surface area (TPSA) is 12.0 Å². The van der Waals surface area contributed by atoms with E-state index in [4.69, 9.17) is 0 Å². The van der Waals surface area contributed by atoms with Gasteiger partial charge in [-0.15, -0.1) is 22.7 Å². The molecule has 2 aliphatic rings. The predicted molar refractivity (Wildman–Crippen MR) is 92.6 cm³/mol. The SMILES string of the molecule is CC(NCc1cc2c(s1)CCC2)c1cc2c(s1)CCCC2. The zero-order valence-electron chi connectivity index (χ0n) is 12.7. The van der Waals surface area contributed by atoms with Crippen LogP contribution < -0.4 is 5.32 Å². The van der Waals surface area contributed by atoms with Crippen molar-refractivity contribution in [2.75, 3.05) is 0 Å². The Labute approximate surface area is 135 Å². The van der Waals surface area contributed by atoms with E-state index in [1.54, 1.807) is 20.9 Å². The van der Waals surface area contributed by atoms with Gasteiger partial charge in [-0.05, 0) is 75.1 Å². The molecule has 2 aliphatic carbocycles. The van der Waals surface area contributed by atoms with E-state index in [2.05, 4.69) is 24.4 Å². The van der Waals surface area contributed by atoms with Gasteiger partial charge in [0.05, 0.1) is 0 Å². The Morgan fingerprint density at radius 3 is 2.52 bits per heavy atom. The van der Waals surface area contributed by atoms with Crippen LogP contribution in [0.15, 0.2) is 12.1 Å². The minimum atomic E-state index is 0.484. The summed E-state index contributed by atoms with van der Waals surface area (Å²) in [6.07, 6.45) is 9.36. The molecule has 1 N–H and O–H groups in total. The Bertz CT molecular complexity index is 593. The molecule has 112 valence electrons. The fourth-order valence-electron chi connectivity index (χ4n) is 3.56. The van der Waals surface area contributed by atoms with Crippen molar-refractivity contribution >= 4 is 22.7 Å². The molecule has 0 saturated heterocycles. The monoisotopic (exact) mass is 317 g/mol. The highest BCUT2D eigenvalue weighted by Crippen LogP contribution is 2.34. The summed E-state index contributed by atoms with van der Waals surface area (Å²) in [5.41, 5.74) is 3.25. The molecule has 0 spiro atoms. The lowest BCUT2D eigenvalue weighted by molar-refractivity contribution is 0.586. The van der Waals surface area contributed by atoms with E-state index in [1.807, 2.05) is 22.7 Å². The van der Waals surface area contributed by atoms with Gasteiger partial charge >= 0.3 is 0 Å². The number of hydrogen-bond donors (Lipinski definition) is 1. The van der Waals surface area contributed by atoms with Crippen molar-refractivity contribution in [3.63, 3.8) is 0 Å². The van der Waals surface area contributed by atoms with Crippen LogP contribution in [-0.4, -0.2) is 0 Å². The lowest BCUT2D eigenvalue weighted by atomic mass is 9.99. The van der Waals surface area contributed by atoms with Crippen LogP contribution in [0.5, 0.6) is 0 Å². The lowest BCUT2D eigenvalue weighted by Crippen LogP contribution is -2.16. The lowest BCUT2D eigenvalue weighted by Gasteiger charge is -2.11. The van der Waals surface area contributed by atoms with Crippen LogP contribution in [0.3, 0.4) is 0 Å². The molecule has 3 heteroatoms. The first kappa shape index (κ1) is 14.0. The average Bonchev–Trinajstić information content (AvgIpc) is 3.17. The highest BCUT2D eigenvalue weighted by molar-refractivity contribution is 7.12. The fraction of sp³-hybridized carbons (Fsp3) is 0.556. The Balaban J connectivity index is 1.40. The molecule has 4 rings (SSSR count). The Morgan fingerprint density at radius 2 is 1.67 bits per heavy atom. The van der Waals surface area contributed by atoms with Crippen LogP contribution in [0.4, 0.5) is 0 Å². The van der Waals surface area contributed by atoms with Gasteiger partial charge in [0.15, 0.2) is 0 Å². The molecule has 2 heterocycles. The first-order chi connectivity index (χ1) is 10.3. The summed E-state index contributed by atoms with van der Waals surface area (Å²) >= 11 is 4.07. The number of aryl methyl sites for hydroxylation is 4. The molecule has 1 unspecified atom stereocenters. The van der Waals surface area contributed by atoms with Gasteiger partial charge in [-0.25, -0.2) is 0 Å². The molecule has 0 bridgehead atoms. The summed E-state index contributed by atoms with van der Waals surface area (Å²) in [6, 6.07) is 5.38. The first-order valence-corrected chi connectivity index (χ1v) is 9.88. The number of hydrogen-bond acceptors (Lipinski definition) is 3. The average molecular weight is 318 g/mol. The number of thiophene rings is 2. The van der Waals surface area contributed by atoms with Crippen molar-refractivity contribution in [2.45, 2.75) is 64.5 Å². The van der Waals surface area contributed by atoms with Crippen LogP contribution in [0.2, 0.25) is 0 Å². The quantitative estimate of drug-likeness (QED) is 0.834. The van der Waals surface area contributed by atoms with Crippen molar-refractivity contribution in [3.05, 3.63) is 42.8 Å². The van der Waals surface area contributed by atoms with E-state index in [1.165, 1.54) is 54.7 Å². The van der Waals surface area contributed by atoms with E-state index in [0.29, 0.717) is 6.04 Å². The maximum atomic E-state index is 3.73. The van der Waals surface area contributed by atoms with E-state index < -0.39 is 0 Å². The van der Waals surface area contributed by atoms with Crippen molar-refractivity contribution in [1.82, 2.24) is 5.32 Å². The Morgan fingerprint density at radius 1 is 0.952 bits per heavy atom. The minimum absolute atomic E-state index is 0.484. The summed E-state index contributed by atoms with van der Waals surface area (Å²) < 4.78 is 0. The highest BCUT2D eigenvalue weighted by Gasteiger charge is 2.18. The normalized spacial score (nSPS) is 18.5. The summed E-state index contributed by atoms with van der Waals surface area (Å²) in [6.45, 7) is 3.35. The van der Waals surface area contributed by atoms with Gasteiger partial charge in [-0.3, -0.25) is 0 Å². The van der Waals surface area contributed by atoms with Crippen LogP contribution in [0.1, 0.15) is 62.9 Å². The fourth-order valence-corrected chi connectivity index (χ4v) is 6.06. The molecular formula is C18H23NS2. The van der Waals surface area contributed by atoms with Crippen molar-refractivity contribution in [3.8, 4) is 0 Å². The third-order valence-electron chi connectivity index (χ3n) is 4.82. The van der Waals surface area contributed by atoms with Crippen molar-refractivity contribution < 1.29 is 0 Å². The second-order valence-electron chi connectivity index (χ2n) is 6.42. The minimum Gasteiger partial charge on any atom is -0.305 e.